The summed E-state index contributed by atoms with van der Waals surface area (Å²) in [4.78, 5) is 10.3. The number of hydrogen-bond donors (Lipinski definition) is 0. The summed E-state index contributed by atoms with van der Waals surface area (Å²) in [7, 11) is 0. The minimum atomic E-state index is -4.67. The fraction of sp³-hybridized carbons (Fsp3) is 0.474. The van der Waals surface area contributed by atoms with Crippen LogP contribution in [0.3, 0.4) is 0 Å². The predicted octanol–water partition coefficient (Wildman–Crippen LogP) is 4.13. The van der Waals surface area contributed by atoms with Gasteiger partial charge in [0.15, 0.2) is 0 Å². The summed E-state index contributed by atoms with van der Waals surface area (Å²) in [5.74, 6) is -0.454. The van der Waals surface area contributed by atoms with Crippen molar-refractivity contribution in [2.45, 2.75) is 45.3 Å². The molecule has 0 unspecified atom stereocenters. The average Bonchev–Trinajstić information content (AvgIpc) is 3.32. The Hall–Kier alpha value is -2.75. The highest BCUT2D eigenvalue weighted by molar-refractivity contribution is 5.48. The number of rotatable bonds is 4. The minimum absolute atomic E-state index is 0.157. The molecule has 0 N–H and O–H groups in total. The number of pyridine rings is 1. The van der Waals surface area contributed by atoms with E-state index in [1.807, 2.05) is 19.9 Å². The lowest BCUT2D eigenvalue weighted by molar-refractivity contribution is -0.159. The zero-order valence-corrected chi connectivity index (χ0v) is 16.0. The van der Waals surface area contributed by atoms with Crippen molar-refractivity contribution in [2.75, 3.05) is 13.1 Å². The van der Waals surface area contributed by atoms with Crippen LogP contribution in [0.2, 0.25) is 0 Å². The van der Waals surface area contributed by atoms with Gasteiger partial charge < -0.3 is 9.05 Å². The highest BCUT2D eigenvalue weighted by atomic mass is 19.4. The second kappa shape index (κ2) is 7.58. The summed E-state index contributed by atoms with van der Waals surface area (Å²) in [6.07, 6.45) is -2.86. The summed E-state index contributed by atoms with van der Waals surface area (Å²) < 4.78 is 47.6. The molecule has 1 aliphatic rings. The van der Waals surface area contributed by atoms with Gasteiger partial charge in [-0.05, 0) is 51.9 Å². The predicted molar refractivity (Wildman–Crippen MR) is 95.8 cm³/mol. The summed E-state index contributed by atoms with van der Waals surface area (Å²) in [5, 5.41) is 7.42. The van der Waals surface area contributed by atoms with E-state index in [0.29, 0.717) is 0 Å². The first-order valence-electron chi connectivity index (χ1n) is 9.33. The second-order valence-corrected chi connectivity index (χ2v) is 7.22. The van der Waals surface area contributed by atoms with E-state index in [1.54, 1.807) is 12.1 Å². The lowest BCUT2D eigenvalue weighted by atomic mass is 9.92. The van der Waals surface area contributed by atoms with Crippen molar-refractivity contribution < 1.29 is 22.2 Å². The maximum absolute atomic E-state index is 12.7. The van der Waals surface area contributed by atoms with Gasteiger partial charge in [-0.25, -0.2) is 4.98 Å². The maximum atomic E-state index is 12.7. The largest absolute Gasteiger partial charge is 0.471 e. The third kappa shape index (κ3) is 4.16. The fourth-order valence-corrected chi connectivity index (χ4v) is 3.58. The Kier molecular flexibility index (Phi) is 5.12. The standard InChI is InChI=1S/C19H20F3N5O2/c1-11-14(12(2)28-25-11)10-27-8-6-13(7-9-27)15-4-3-5-16(23-15)17-24-18(29-26-17)19(20,21)22/h3-5,13H,6-10H2,1-2H3. The molecule has 0 aromatic carbocycles. The highest BCUT2D eigenvalue weighted by Gasteiger charge is 2.38. The summed E-state index contributed by atoms with van der Waals surface area (Å²) in [6.45, 7) is 6.43. The molecule has 1 saturated heterocycles. The van der Waals surface area contributed by atoms with Crippen LogP contribution in [-0.4, -0.2) is 38.3 Å². The normalized spacial score (nSPS) is 16.4. The number of halogens is 3. The Morgan fingerprint density at radius 1 is 1.07 bits per heavy atom. The van der Waals surface area contributed by atoms with Crippen LogP contribution in [0.5, 0.6) is 0 Å². The molecule has 154 valence electrons. The van der Waals surface area contributed by atoms with Gasteiger partial charge in [-0.1, -0.05) is 16.4 Å². The van der Waals surface area contributed by atoms with E-state index in [9.17, 15) is 13.2 Å². The Bertz CT molecular complexity index is 970. The van der Waals surface area contributed by atoms with Gasteiger partial charge in [0.25, 0.3) is 0 Å². The molecule has 4 heterocycles. The average molecular weight is 407 g/mol. The van der Waals surface area contributed by atoms with Gasteiger partial charge in [0.05, 0.1) is 5.69 Å². The van der Waals surface area contributed by atoms with Gasteiger partial charge in [-0.15, -0.1) is 0 Å². The van der Waals surface area contributed by atoms with Crippen molar-refractivity contribution >= 4 is 0 Å². The number of alkyl halides is 3. The first-order valence-corrected chi connectivity index (χ1v) is 9.33. The minimum Gasteiger partial charge on any atom is -0.361 e. The van der Waals surface area contributed by atoms with E-state index >= 15 is 0 Å². The molecule has 3 aromatic heterocycles. The van der Waals surface area contributed by atoms with E-state index in [1.165, 1.54) is 0 Å². The van der Waals surface area contributed by atoms with E-state index < -0.39 is 12.1 Å². The topological polar surface area (TPSA) is 81.1 Å². The maximum Gasteiger partial charge on any atom is 0.471 e. The van der Waals surface area contributed by atoms with Crippen molar-refractivity contribution in [3.8, 4) is 11.5 Å². The van der Waals surface area contributed by atoms with Crippen molar-refractivity contribution in [1.29, 1.82) is 0 Å². The van der Waals surface area contributed by atoms with Crippen molar-refractivity contribution in [3.05, 3.63) is 46.8 Å². The molecule has 0 bridgehead atoms. The zero-order chi connectivity index (χ0) is 20.6. The molecule has 0 aliphatic carbocycles. The zero-order valence-electron chi connectivity index (χ0n) is 16.0. The van der Waals surface area contributed by atoms with E-state index in [4.69, 9.17) is 4.52 Å². The van der Waals surface area contributed by atoms with Gasteiger partial charge in [-0.2, -0.15) is 18.2 Å². The summed E-state index contributed by atoms with van der Waals surface area (Å²) in [6, 6.07) is 5.24. The third-order valence-electron chi connectivity index (χ3n) is 5.24. The third-order valence-corrected chi connectivity index (χ3v) is 5.24. The van der Waals surface area contributed by atoms with Crippen LogP contribution in [0.15, 0.2) is 27.2 Å². The number of hydrogen-bond acceptors (Lipinski definition) is 7. The Balaban J connectivity index is 1.43. The second-order valence-electron chi connectivity index (χ2n) is 7.22. The first-order chi connectivity index (χ1) is 13.8. The number of aryl methyl sites for hydroxylation is 2. The Morgan fingerprint density at radius 3 is 2.45 bits per heavy atom. The van der Waals surface area contributed by atoms with Crippen LogP contribution < -0.4 is 0 Å². The van der Waals surface area contributed by atoms with Gasteiger partial charge in [0, 0.05) is 23.7 Å². The molecular weight excluding hydrogens is 387 g/mol. The lowest BCUT2D eigenvalue weighted by Gasteiger charge is -2.31. The highest BCUT2D eigenvalue weighted by Crippen LogP contribution is 2.31. The Morgan fingerprint density at radius 2 is 1.83 bits per heavy atom. The Labute approximate surface area is 164 Å². The van der Waals surface area contributed by atoms with Gasteiger partial charge in [0.2, 0.25) is 5.82 Å². The molecule has 0 amide bonds. The molecule has 7 nitrogen and oxygen atoms in total. The number of aromatic nitrogens is 4. The van der Waals surface area contributed by atoms with E-state index in [-0.39, 0.29) is 17.4 Å². The number of nitrogens with zero attached hydrogens (tertiary/aromatic N) is 5. The lowest BCUT2D eigenvalue weighted by Crippen LogP contribution is -2.33. The fourth-order valence-electron chi connectivity index (χ4n) is 3.58. The monoisotopic (exact) mass is 407 g/mol. The molecule has 0 saturated carbocycles. The molecule has 1 aliphatic heterocycles. The molecule has 4 rings (SSSR count). The van der Waals surface area contributed by atoms with Crippen LogP contribution in [0, 0.1) is 13.8 Å². The molecule has 10 heteroatoms. The van der Waals surface area contributed by atoms with Crippen molar-refractivity contribution in [1.82, 2.24) is 25.2 Å². The van der Waals surface area contributed by atoms with Crippen LogP contribution in [0.4, 0.5) is 13.2 Å². The first kappa shape index (κ1) is 19.6. The smallest absolute Gasteiger partial charge is 0.361 e. The summed E-state index contributed by atoms with van der Waals surface area (Å²) >= 11 is 0. The van der Waals surface area contributed by atoms with Crippen LogP contribution in [-0.2, 0) is 12.7 Å². The SMILES string of the molecule is Cc1noc(C)c1CN1CCC(c2cccc(-c3noc(C(F)(F)F)n3)n2)CC1. The van der Waals surface area contributed by atoms with Crippen LogP contribution in [0.25, 0.3) is 11.5 Å². The number of likely N-dealkylation sites (tertiary alicyclic amines) is 1. The van der Waals surface area contributed by atoms with Gasteiger partial charge >= 0.3 is 12.1 Å². The molecule has 1 fully saturated rings. The van der Waals surface area contributed by atoms with E-state index in [2.05, 4.69) is 29.7 Å². The van der Waals surface area contributed by atoms with Gasteiger partial charge in [-0.3, -0.25) is 4.90 Å². The van der Waals surface area contributed by atoms with Crippen molar-refractivity contribution in [3.63, 3.8) is 0 Å². The summed E-state index contributed by atoms with van der Waals surface area (Å²) in [5.41, 5.74) is 3.15. The quantitative estimate of drug-likeness (QED) is 0.643. The van der Waals surface area contributed by atoms with Crippen molar-refractivity contribution in [2.24, 2.45) is 0 Å². The molecule has 0 atom stereocenters. The molecule has 0 spiro atoms. The van der Waals surface area contributed by atoms with Crippen LogP contribution in [0.1, 0.15) is 47.4 Å². The molecule has 0 radical (unpaired) electrons. The van der Waals surface area contributed by atoms with Crippen LogP contribution >= 0.6 is 0 Å². The molecule has 3 aromatic rings. The van der Waals surface area contributed by atoms with E-state index in [0.717, 1.165) is 55.2 Å². The van der Waals surface area contributed by atoms with Gasteiger partial charge in [0.1, 0.15) is 11.5 Å². The molecule has 29 heavy (non-hydrogen) atoms. The molecular formula is C19H20F3N5O2. The number of piperidine rings is 1.